The molecule has 3 rings (SSSR count). The molecule has 1 aromatic heterocycles. The van der Waals surface area contributed by atoms with E-state index in [1.807, 2.05) is 0 Å². The summed E-state index contributed by atoms with van der Waals surface area (Å²) in [5.74, 6) is -1.65. The molecule has 1 heterocycles. The van der Waals surface area contributed by atoms with Crippen molar-refractivity contribution in [3.05, 3.63) is 58.4 Å². The SMILES string of the molecule is Cc1cc(OC(F)(F)F)ccc1-n1nc(OS(=O)(=O)C(F)(F)F)c2ccccc2c1=O. The molecule has 0 spiro atoms. The van der Waals surface area contributed by atoms with E-state index in [0.29, 0.717) is 4.68 Å². The standard InChI is InChI=1S/C17H10F6N2O5S/c1-9-8-10(29-16(18,19)20)6-7-13(9)25-15(26)12-5-3-2-4-11(12)14(24-25)30-31(27,28)17(21,22)23/h2-8H,1H3. The largest absolute Gasteiger partial charge is 0.573 e. The van der Waals surface area contributed by atoms with Gasteiger partial charge in [-0.25, -0.2) is 0 Å². The maximum absolute atomic E-state index is 12.8. The maximum atomic E-state index is 12.8. The summed E-state index contributed by atoms with van der Waals surface area (Å²) in [6.07, 6.45) is -4.97. The number of hydrogen-bond donors (Lipinski definition) is 0. The van der Waals surface area contributed by atoms with Gasteiger partial charge in [0.15, 0.2) is 0 Å². The van der Waals surface area contributed by atoms with Gasteiger partial charge in [-0.05, 0) is 42.8 Å². The van der Waals surface area contributed by atoms with Crippen molar-refractivity contribution in [1.29, 1.82) is 0 Å². The van der Waals surface area contributed by atoms with Gasteiger partial charge in [0, 0.05) is 0 Å². The van der Waals surface area contributed by atoms with Crippen molar-refractivity contribution in [2.45, 2.75) is 18.8 Å². The van der Waals surface area contributed by atoms with Crippen LogP contribution in [0, 0.1) is 6.92 Å². The normalized spacial score (nSPS) is 12.7. The molecule has 0 unspecified atom stereocenters. The predicted octanol–water partition coefficient (Wildman–Crippen LogP) is 3.82. The first kappa shape index (κ1) is 22.4. The minimum Gasteiger partial charge on any atom is -0.406 e. The maximum Gasteiger partial charge on any atom is 0.573 e. The first-order valence-electron chi connectivity index (χ1n) is 8.09. The lowest BCUT2D eigenvalue weighted by molar-refractivity contribution is -0.274. The lowest BCUT2D eigenvalue weighted by Gasteiger charge is -2.15. The first-order chi connectivity index (χ1) is 14.2. The molecule has 0 atom stereocenters. The third kappa shape index (κ3) is 4.57. The molecule has 3 aromatic rings. The average Bonchev–Trinajstić information content (AvgIpc) is 2.62. The molecular weight excluding hydrogens is 458 g/mol. The predicted molar refractivity (Wildman–Crippen MR) is 94.4 cm³/mol. The zero-order valence-corrected chi connectivity index (χ0v) is 16.0. The molecule has 0 amide bonds. The molecule has 0 bridgehead atoms. The van der Waals surface area contributed by atoms with Crippen molar-refractivity contribution >= 4 is 20.9 Å². The molecule has 0 radical (unpaired) electrons. The highest BCUT2D eigenvalue weighted by Crippen LogP contribution is 2.30. The zero-order chi connectivity index (χ0) is 23.2. The van der Waals surface area contributed by atoms with Crippen LogP contribution in [-0.4, -0.2) is 30.1 Å². The van der Waals surface area contributed by atoms with E-state index < -0.39 is 39.2 Å². The topological polar surface area (TPSA) is 87.5 Å². The number of rotatable bonds is 4. The summed E-state index contributed by atoms with van der Waals surface area (Å²) in [5.41, 5.74) is -6.75. The Bertz CT molecular complexity index is 1320. The van der Waals surface area contributed by atoms with E-state index in [-0.39, 0.29) is 22.0 Å². The lowest BCUT2D eigenvalue weighted by Crippen LogP contribution is -2.30. The van der Waals surface area contributed by atoms with E-state index >= 15 is 0 Å². The minimum absolute atomic E-state index is 0.0243. The molecule has 0 aliphatic rings. The Morgan fingerprint density at radius 2 is 1.58 bits per heavy atom. The molecule has 0 saturated carbocycles. The molecule has 31 heavy (non-hydrogen) atoms. The molecule has 166 valence electrons. The summed E-state index contributed by atoms with van der Waals surface area (Å²) in [5, 5.41) is 3.02. The molecule has 0 N–H and O–H groups in total. The molecule has 14 heteroatoms. The Morgan fingerprint density at radius 3 is 2.13 bits per heavy atom. The highest BCUT2D eigenvalue weighted by Gasteiger charge is 2.49. The van der Waals surface area contributed by atoms with Crippen LogP contribution in [0.25, 0.3) is 16.5 Å². The van der Waals surface area contributed by atoms with Crippen molar-refractivity contribution in [1.82, 2.24) is 9.78 Å². The third-order valence-electron chi connectivity index (χ3n) is 3.87. The van der Waals surface area contributed by atoms with Crippen molar-refractivity contribution in [3.63, 3.8) is 0 Å². The molecule has 2 aromatic carbocycles. The van der Waals surface area contributed by atoms with Crippen LogP contribution in [0.4, 0.5) is 26.3 Å². The summed E-state index contributed by atoms with van der Waals surface area (Å²) < 4.78 is 107. The Kier molecular flexibility index (Phi) is 5.38. The Morgan fingerprint density at radius 1 is 0.968 bits per heavy atom. The fraction of sp³-hybridized carbons (Fsp3) is 0.176. The molecule has 0 aliphatic heterocycles. The second-order valence-corrected chi connectivity index (χ2v) is 7.58. The second-order valence-electron chi connectivity index (χ2n) is 6.05. The van der Waals surface area contributed by atoms with Crippen LogP contribution in [0.1, 0.15) is 5.56 Å². The van der Waals surface area contributed by atoms with Crippen LogP contribution in [0.2, 0.25) is 0 Å². The number of benzene rings is 2. The van der Waals surface area contributed by atoms with Gasteiger partial charge in [0.05, 0.1) is 16.5 Å². The number of alkyl halides is 6. The quantitative estimate of drug-likeness (QED) is 0.329. The number of nitrogens with zero attached hydrogens (tertiary/aromatic N) is 2. The van der Waals surface area contributed by atoms with Crippen LogP contribution in [0.15, 0.2) is 47.3 Å². The summed E-state index contributed by atoms with van der Waals surface area (Å²) >= 11 is 0. The summed E-state index contributed by atoms with van der Waals surface area (Å²) in [6.45, 7) is 1.29. The first-order valence-corrected chi connectivity index (χ1v) is 9.50. The zero-order valence-electron chi connectivity index (χ0n) is 15.2. The second kappa shape index (κ2) is 7.44. The fourth-order valence-electron chi connectivity index (χ4n) is 2.60. The highest BCUT2D eigenvalue weighted by atomic mass is 32.2. The van der Waals surface area contributed by atoms with Gasteiger partial charge in [0.25, 0.3) is 11.4 Å². The highest BCUT2D eigenvalue weighted by molar-refractivity contribution is 7.88. The van der Waals surface area contributed by atoms with Crippen LogP contribution >= 0.6 is 0 Å². The lowest BCUT2D eigenvalue weighted by atomic mass is 10.1. The van der Waals surface area contributed by atoms with Crippen LogP contribution < -0.4 is 14.5 Å². The van der Waals surface area contributed by atoms with E-state index in [9.17, 15) is 39.6 Å². The van der Waals surface area contributed by atoms with Gasteiger partial charge in [-0.2, -0.15) is 26.3 Å². The van der Waals surface area contributed by atoms with Crippen molar-refractivity contribution < 1.29 is 43.7 Å². The summed E-state index contributed by atoms with van der Waals surface area (Å²) in [6, 6.07) is 7.77. The molecule has 7 nitrogen and oxygen atoms in total. The minimum atomic E-state index is -6.11. The van der Waals surface area contributed by atoms with E-state index in [1.54, 1.807) is 0 Å². The molecule has 0 saturated heterocycles. The van der Waals surface area contributed by atoms with E-state index in [2.05, 4.69) is 14.0 Å². The summed E-state index contributed by atoms with van der Waals surface area (Å²) in [4.78, 5) is 12.8. The molecular formula is C17H10F6N2O5S. The fourth-order valence-corrected chi connectivity index (χ4v) is 3.02. The number of hydrogen-bond acceptors (Lipinski definition) is 6. The van der Waals surface area contributed by atoms with E-state index in [4.69, 9.17) is 0 Å². The Labute approximate surface area is 169 Å². The number of ether oxygens (including phenoxy) is 1. The summed E-state index contributed by atoms with van der Waals surface area (Å²) in [7, 11) is -6.11. The van der Waals surface area contributed by atoms with Gasteiger partial charge in [0.1, 0.15) is 5.75 Å². The van der Waals surface area contributed by atoms with E-state index in [0.717, 1.165) is 24.3 Å². The molecule has 0 fully saturated rings. The Hall–Kier alpha value is -3.29. The van der Waals surface area contributed by atoms with Gasteiger partial charge < -0.3 is 8.92 Å². The number of fused-ring (bicyclic) bond motifs is 1. The van der Waals surface area contributed by atoms with Crippen LogP contribution in [0.3, 0.4) is 0 Å². The smallest absolute Gasteiger partial charge is 0.406 e. The Balaban J connectivity index is 2.21. The van der Waals surface area contributed by atoms with Gasteiger partial charge >= 0.3 is 22.0 Å². The van der Waals surface area contributed by atoms with Crippen LogP contribution in [0.5, 0.6) is 11.6 Å². The van der Waals surface area contributed by atoms with Gasteiger partial charge in [-0.3, -0.25) is 4.79 Å². The monoisotopic (exact) mass is 468 g/mol. The molecule has 0 aliphatic carbocycles. The van der Waals surface area contributed by atoms with Crippen LogP contribution in [-0.2, 0) is 10.1 Å². The number of aromatic nitrogens is 2. The van der Waals surface area contributed by atoms with E-state index in [1.165, 1.54) is 25.1 Å². The number of halogens is 6. The number of aryl methyl sites for hydroxylation is 1. The third-order valence-corrected chi connectivity index (χ3v) is 4.82. The van der Waals surface area contributed by atoms with Crippen molar-refractivity contribution in [3.8, 4) is 17.3 Å². The van der Waals surface area contributed by atoms with Gasteiger partial charge in [-0.1, -0.05) is 12.1 Å². The van der Waals surface area contributed by atoms with Crippen molar-refractivity contribution in [2.24, 2.45) is 0 Å². The van der Waals surface area contributed by atoms with Gasteiger partial charge in [-0.15, -0.1) is 18.3 Å². The van der Waals surface area contributed by atoms with Crippen molar-refractivity contribution in [2.75, 3.05) is 0 Å². The average molecular weight is 468 g/mol. The van der Waals surface area contributed by atoms with Gasteiger partial charge in [0.2, 0.25) is 0 Å².